The molecule has 3 N–H and O–H groups in total. The Bertz CT molecular complexity index is 4040. The molecule has 1 unspecified atom stereocenters. The summed E-state index contributed by atoms with van der Waals surface area (Å²) in [6.45, 7) is 28.7. The first-order valence-corrected chi connectivity index (χ1v) is 27.6. The van der Waals surface area contributed by atoms with Gasteiger partial charge in [-0.2, -0.15) is 0 Å². The molecule has 0 amide bonds. The molecule has 5 heterocycles. The maximum atomic E-state index is 14.5. The van der Waals surface area contributed by atoms with Crippen LogP contribution in [0.5, 0.6) is 0 Å². The van der Waals surface area contributed by atoms with Crippen molar-refractivity contribution in [1.82, 2.24) is 19.9 Å². The Morgan fingerprint density at radius 2 is 0.910 bits per heavy atom. The predicted molar refractivity (Wildman–Crippen MR) is 326 cm³/mol. The Morgan fingerprint density at radius 3 is 1.38 bits per heavy atom. The average Bonchev–Trinajstić information content (AvgIpc) is 3.65. The van der Waals surface area contributed by atoms with Crippen LogP contribution in [0.3, 0.4) is 0 Å². The van der Waals surface area contributed by atoms with Crippen molar-refractivity contribution in [1.29, 1.82) is 0 Å². The average molecular weight is 1030 g/mol. The van der Waals surface area contributed by atoms with Gasteiger partial charge in [-0.1, -0.05) is 198 Å². The van der Waals surface area contributed by atoms with Crippen LogP contribution in [0.2, 0.25) is 0 Å². The van der Waals surface area contributed by atoms with Crippen molar-refractivity contribution in [2.75, 3.05) is 6.61 Å². The van der Waals surface area contributed by atoms with Crippen LogP contribution in [0.4, 0.5) is 0 Å². The number of aromatic amines is 2. The minimum Gasteiger partial charge on any atom is -0.466 e. The highest BCUT2D eigenvalue weighted by molar-refractivity contribution is 6.21. The van der Waals surface area contributed by atoms with E-state index in [-0.39, 0.29) is 34.7 Å². The Labute approximate surface area is 459 Å². The first-order chi connectivity index (χ1) is 36.9. The van der Waals surface area contributed by atoms with Gasteiger partial charge in [0.1, 0.15) is 5.60 Å². The number of fused-ring (bicyclic) bond motifs is 10. The molecule has 6 aromatic carbocycles. The molecule has 0 fully saturated rings. The van der Waals surface area contributed by atoms with Crippen molar-refractivity contribution in [2.24, 2.45) is 0 Å². The zero-order valence-corrected chi connectivity index (χ0v) is 47.6. The van der Waals surface area contributed by atoms with Gasteiger partial charge < -0.3 is 19.8 Å². The minimum absolute atomic E-state index is 0.0434. The van der Waals surface area contributed by atoms with Crippen LogP contribution >= 0.6 is 0 Å². The Kier molecular flexibility index (Phi) is 12.7. The van der Waals surface area contributed by atoms with E-state index in [2.05, 4.69) is 233 Å². The largest absolute Gasteiger partial charge is 0.466 e. The summed E-state index contributed by atoms with van der Waals surface area (Å²) in [7, 11) is 0. The lowest BCUT2D eigenvalue weighted by Crippen LogP contribution is -2.31. The van der Waals surface area contributed by atoms with Gasteiger partial charge >= 0.3 is 5.97 Å². The maximum Gasteiger partial charge on any atom is 0.309 e. The van der Waals surface area contributed by atoms with Gasteiger partial charge in [-0.05, 0) is 132 Å². The van der Waals surface area contributed by atoms with E-state index in [9.17, 15) is 9.90 Å². The molecule has 0 aliphatic carbocycles. The number of nitrogens with one attached hydrogen (secondary N) is 2. The molecule has 0 spiro atoms. The highest BCUT2D eigenvalue weighted by atomic mass is 16.5. The van der Waals surface area contributed by atoms with E-state index in [4.69, 9.17) is 14.7 Å². The number of rotatable bonds is 7. The van der Waals surface area contributed by atoms with Crippen LogP contribution in [0.25, 0.3) is 100 Å². The molecule has 78 heavy (non-hydrogen) atoms. The number of H-pyrrole nitrogens is 2. The van der Waals surface area contributed by atoms with Crippen LogP contribution in [-0.4, -0.2) is 37.6 Å². The molecular weight excluding hydrogens is 957 g/mol. The molecule has 7 nitrogen and oxygen atoms in total. The molecule has 1 atom stereocenters. The number of ether oxygens (including phenoxy) is 1. The normalized spacial score (nSPS) is 14.9. The van der Waals surface area contributed by atoms with Crippen LogP contribution < -0.4 is 0 Å². The Hall–Kier alpha value is -7.87. The van der Waals surface area contributed by atoms with Crippen molar-refractivity contribution >= 4 is 61.9 Å². The summed E-state index contributed by atoms with van der Waals surface area (Å²) in [5, 5.41) is 17.2. The van der Waals surface area contributed by atoms with E-state index < -0.39 is 11.6 Å². The van der Waals surface area contributed by atoms with Crippen molar-refractivity contribution < 1.29 is 14.6 Å². The summed E-state index contributed by atoms with van der Waals surface area (Å²) in [5.41, 5.74) is 15.8. The molecule has 2 aliphatic heterocycles. The number of nitrogens with zero attached hydrogens (tertiary/aromatic N) is 2. The molecular formula is C71H72N4O3. The number of carbonyl (C=O) groups excluding carboxylic acids is 1. The van der Waals surface area contributed by atoms with E-state index in [0.717, 1.165) is 99.7 Å². The molecule has 11 rings (SSSR count). The van der Waals surface area contributed by atoms with E-state index in [0.29, 0.717) is 22.3 Å². The SMILES string of the molecule is CCOC(=O)CC1(O)c2nc3c1c(-c1ccccc1)c1cc(C(C)(C)C)ccc1c3c1ccc([nH]1)c(-c1ccc(C(C)(C)C)cc1)c1nc(c(-c3ccc(C(C)(C)C)cc3)c3ccc([nH]3)c2-c2ccc(C(C)(C)C)cc2)C=C1. The van der Waals surface area contributed by atoms with Crippen LogP contribution in [-0.2, 0) is 36.8 Å². The van der Waals surface area contributed by atoms with Gasteiger partial charge in [0.25, 0.3) is 0 Å². The number of aromatic nitrogens is 4. The van der Waals surface area contributed by atoms with Gasteiger partial charge in [0, 0.05) is 49.7 Å². The summed E-state index contributed by atoms with van der Waals surface area (Å²) < 4.78 is 5.84. The second-order valence-electron chi connectivity index (χ2n) is 25.5. The van der Waals surface area contributed by atoms with Gasteiger partial charge in [-0.25, -0.2) is 9.97 Å². The molecule has 0 radical (unpaired) electrons. The van der Waals surface area contributed by atoms with Gasteiger partial charge in [0.2, 0.25) is 0 Å². The third kappa shape index (κ3) is 9.26. The topological polar surface area (TPSA) is 104 Å². The lowest BCUT2D eigenvalue weighted by molar-refractivity contribution is -0.147. The quantitative estimate of drug-likeness (QED) is 0.138. The zero-order chi connectivity index (χ0) is 55.3. The number of aliphatic hydroxyl groups is 1. The third-order valence-electron chi connectivity index (χ3n) is 15.9. The summed E-state index contributed by atoms with van der Waals surface area (Å²) in [5.74, 6) is -0.531. The highest BCUT2D eigenvalue weighted by Crippen LogP contribution is 2.53. The zero-order valence-electron chi connectivity index (χ0n) is 47.6. The number of benzene rings is 6. The smallest absolute Gasteiger partial charge is 0.309 e. The van der Waals surface area contributed by atoms with E-state index in [1.807, 2.05) is 18.2 Å². The molecule has 0 saturated heterocycles. The summed E-state index contributed by atoms with van der Waals surface area (Å²) >= 11 is 0. The highest BCUT2D eigenvalue weighted by Gasteiger charge is 2.47. The van der Waals surface area contributed by atoms with Crippen molar-refractivity contribution in [2.45, 2.75) is 124 Å². The second-order valence-corrected chi connectivity index (χ2v) is 25.5. The van der Waals surface area contributed by atoms with E-state index >= 15 is 0 Å². The van der Waals surface area contributed by atoms with Crippen LogP contribution in [0, 0.1) is 0 Å². The summed E-state index contributed by atoms with van der Waals surface area (Å²) in [6.07, 6.45) is 3.89. The van der Waals surface area contributed by atoms with E-state index in [1.165, 1.54) is 11.1 Å². The summed E-state index contributed by atoms with van der Waals surface area (Å²) in [6, 6.07) is 51.7. The summed E-state index contributed by atoms with van der Waals surface area (Å²) in [4.78, 5) is 33.8. The van der Waals surface area contributed by atoms with E-state index in [1.54, 1.807) is 6.92 Å². The molecule has 3 aromatic heterocycles. The first kappa shape index (κ1) is 52.2. The monoisotopic (exact) mass is 1030 g/mol. The molecule has 7 heteroatoms. The predicted octanol–water partition coefficient (Wildman–Crippen LogP) is 17.8. The van der Waals surface area contributed by atoms with Crippen molar-refractivity contribution in [3.05, 3.63) is 190 Å². The van der Waals surface area contributed by atoms with Gasteiger partial charge in [-0.15, -0.1) is 0 Å². The third-order valence-corrected chi connectivity index (χ3v) is 15.9. The number of hydrogen-bond acceptors (Lipinski definition) is 5. The fourth-order valence-electron chi connectivity index (χ4n) is 11.5. The molecule has 394 valence electrons. The van der Waals surface area contributed by atoms with Crippen molar-refractivity contribution in [3.8, 4) is 44.5 Å². The molecule has 9 aromatic rings. The lowest BCUT2D eigenvalue weighted by Gasteiger charge is -2.29. The number of carbonyl (C=O) groups is 1. The van der Waals surface area contributed by atoms with Crippen LogP contribution in [0.15, 0.2) is 146 Å². The van der Waals surface area contributed by atoms with Gasteiger partial charge in [0.15, 0.2) is 0 Å². The number of esters is 1. The molecule has 2 aliphatic rings. The first-order valence-electron chi connectivity index (χ1n) is 27.6. The molecule has 8 bridgehead atoms. The fraction of sp³-hybridized carbons (Fsp3) is 0.282. The Morgan fingerprint density at radius 1 is 0.487 bits per heavy atom. The van der Waals surface area contributed by atoms with Gasteiger partial charge in [-0.3, -0.25) is 4.79 Å². The maximum absolute atomic E-state index is 14.5. The second kappa shape index (κ2) is 18.9. The fourth-order valence-corrected chi connectivity index (χ4v) is 11.5. The lowest BCUT2D eigenvalue weighted by atomic mass is 9.77. The van der Waals surface area contributed by atoms with Gasteiger partial charge in [0.05, 0.1) is 35.6 Å². The Balaban J connectivity index is 1.40. The minimum atomic E-state index is -2.01. The number of hydrogen-bond donors (Lipinski definition) is 3. The molecule has 0 saturated carbocycles. The standard InChI is InChI=1S/C71H72N4O3/c1-14-78-58(76)41-71(77)64-59(42-18-16-15-17-19-42)51-40-49(70(11,12)13)32-33-50(51)63-57-39-37-55(74-57)61(44-22-28-47(29-23-44)68(5,6)7)53-35-34-52(72-53)60(43-20-26-46(27-21-43)67(2,3)4)54-36-38-56(73-54)62(66(71)75-65(63)64)45-24-30-48(31-25-45)69(8,9)10/h15-40,73-74,77H,14,41H2,1-13H3. The van der Waals surface area contributed by atoms with Crippen molar-refractivity contribution in [3.63, 3.8) is 0 Å². The van der Waals surface area contributed by atoms with Crippen LogP contribution in [0.1, 0.15) is 141 Å².